The smallest absolute Gasteiger partial charge is 0.230 e. The standard InChI is InChI=1S/C24H22N2O3S/c1-16(27)20-6-2-3-7-21(20)17-9-10-22-18(12-17)13-19(29-22)14-26-23(28)15-30-24-8-4-5-11-25-24/h2-12,19H,13-15H2,1H3,(H,26,28). The Hall–Kier alpha value is -3.12. The first-order chi connectivity index (χ1) is 14.6. The molecule has 1 amide bonds. The van der Waals surface area contributed by atoms with Gasteiger partial charge in [0.25, 0.3) is 0 Å². The molecule has 0 fully saturated rings. The fourth-order valence-corrected chi connectivity index (χ4v) is 4.19. The summed E-state index contributed by atoms with van der Waals surface area (Å²) in [6.07, 6.45) is 2.34. The Morgan fingerprint density at radius 3 is 2.77 bits per heavy atom. The van der Waals surface area contributed by atoms with Crippen molar-refractivity contribution in [1.29, 1.82) is 0 Å². The largest absolute Gasteiger partial charge is 0.488 e. The lowest BCUT2D eigenvalue weighted by molar-refractivity contribution is -0.118. The summed E-state index contributed by atoms with van der Waals surface area (Å²) in [5.74, 6) is 1.16. The molecule has 1 N–H and O–H groups in total. The Bertz CT molecular complexity index is 1070. The van der Waals surface area contributed by atoms with E-state index in [-0.39, 0.29) is 17.8 Å². The van der Waals surface area contributed by atoms with Gasteiger partial charge in [0.15, 0.2) is 5.78 Å². The van der Waals surface area contributed by atoms with Crippen LogP contribution in [0.5, 0.6) is 5.75 Å². The predicted molar refractivity (Wildman–Crippen MR) is 118 cm³/mol. The summed E-state index contributed by atoms with van der Waals surface area (Å²) < 4.78 is 5.99. The van der Waals surface area contributed by atoms with E-state index in [9.17, 15) is 9.59 Å². The van der Waals surface area contributed by atoms with E-state index in [2.05, 4.69) is 16.4 Å². The van der Waals surface area contributed by atoms with Crippen molar-refractivity contribution in [1.82, 2.24) is 10.3 Å². The van der Waals surface area contributed by atoms with Crippen LogP contribution in [-0.4, -0.2) is 35.1 Å². The van der Waals surface area contributed by atoms with Crippen molar-refractivity contribution in [2.24, 2.45) is 0 Å². The third kappa shape index (κ3) is 4.71. The number of rotatable bonds is 7. The molecule has 5 nitrogen and oxygen atoms in total. The number of nitrogens with one attached hydrogen (secondary N) is 1. The minimum atomic E-state index is -0.0953. The van der Waals surface area contributed by atoms with E-state index in [0.29, 0.717) is 17.9 Å². The minimum Gasteiger partial charge on any atom is -0.488 e. The second-order valence-corrected chi connectivity index (χ2v) is 8.12. The van der Waals surface area contributed by atoms with Crippen LogP contribution >= 0.6 is 11.8 Å². The maximum atomic E-state index is 12.1. The number of nitrogens with zero attached hydrogens (tertiary/aromatic N) is 1. The molecular formula is C24H22N2O3S. The van der Waals surface area contributed by atoms with Gasteiger partial charge in [-0.05, 0) is 47.9 Å². The third-order valence-electron chi connectivity index (χ3n) is 4.93. The Balaban J connectivity index is 1.35. The number of pyridine rings is 1. The monoisotopic (exact) mass is 418 g/mol. The van der Waals surface area contributed by atoms with Crippen LogP contribution in [0.15, 0.2) is 71.9 Å². The number of hydrogen-bond donors (Lipinski definition) is 1. The molecule has 1 aliphatic heterocycles. The summed E-state index contributed by atoms with van der Waals surface area (Å²) in [5.41, 5.74) is 3.73. The lowest BCUT2D eigenvalue weighted by Gasteiger charge is -2.11. The molecule has 0 bridgehead atoms. The molecule has 30 heavy (non-hydrogen) atoms. The van der Waals surface area contributed by atoms with Gasteiger partial charge in [0, 0.05) is 18.2 Å². The van der Waals surface area contributed by atoms with Crippen molar-refractivity contribution in [2.45, 2.75) is 24.5 Å². The van der Waals surface area contributed by atoms with Gasteiger partial charge in [-0.2, -0.15) is 0 Å². The van der Waals surface area contributed by atoms with Crippen LogP contribution in [0.25, 0.3) is 11.1 Å². The average Bonchev–Trinajstić information content (AvgIpc) is 3.19. The molecule has 0 spiro atoms. The number of ether oxygens (including phenoxy) is 1. The zero-order valence-corrected chi connectivity index (χ0v) is 17.4. The predicted octanol–water partition coefficient (Wildman–Crippen LogP) is 4.16. The minimum absolute atomic E-state index is 0.0405. The zero-order chi connectivity index (χ0) is 20.9. The van der Waals surface area contributed by atoms with E-state index in [1.165, 1.54) is 11.8 Å². The Morgan fingerprint density at radius 1 is 1.13 bits per heavy atom. The molecule has 1 unspecified atom stereocenters. The molecule has 1 aromatic heterocycles. The van der Waals surface area contributed by atoms with E-state index in [1.807, 2.05) is 54.6 Å². The van der Waals surface area contributed by atoms with Gasteiger partial charge in [-0.15, -0.1) is 0 Å². The first-order valence-corrected chi connectivity index (χ1v) is 10.8. The molecule has 6 heteroatoms. The van der Waals surface area contributed by atoms with Crippen molar-refractivity contribution < 1.29 is 14.3 Å². The maximum absolute atomic E-state index is 12.1. The van der Waals surface area contributed by atoms with Crippen LogP contribution in [0.4, 0.5) is 0 Å². The fourth-order valence-electron chi connectivity index (χ4n) is 3.49. The van der Waals surface area contributed by atoms with Crippen LogP contribution < -0.4 is 10.1 Å². The van der Waals surface area contributed by atoms with Crippen molar-refractivity contribution in [3.8, 4) is 16.9 Å². The average molecular weight is 419 g/mol. The highest BCUT2D eigenvalue weighted by Gasteiger charge is 2.24. The van der Waals surface area contributed by atoms with Crippen molar-refractivity contribution in [3.63, 3.8) is 0 Å². The first kappa shape index (κ1) is 20.2. The van der Waals surface area contributed by atoms with Gasteiger partial charge in [-0.1, -0.05) is 48.2 Å². The molecule has 2 heterocycles. The quantitative estimate of drug-likeness (QED) is 0.461. The van der Waals surface area contributed by atoms with Gasteiger partial charge in [0.1, 0.15) is 11.9 Å². The highest BCUT2D eigenvalue weighted by molar-refractivity contribution is 7.99. The number of thioether (sulfide) groups is 1. The summed E-state index contributed by atoms with van der Waals surface area (Å²) in [4.78, 5) is 28.3. The van der Waals surface area contributed by atoms with Gasteiger partial charge >= 0.3 is 0 Å². The number of amides is 1. The summed E-state index contributed by atoms with van der Waals surface area (Å²) in [6.45, 7) is 2.04. The second-order valence-electron chi connectivity index (χ2n) is 7.13. The Labute approximate surface area is 179 Å². The number of carbonyl (C=O) groups is 2. The van der Waals surface area contributed by atoms with E-state index in [0.717, 1.165) is 33.9 Å². The normalized spacial score (nSPS) is 14.6. The van der Waals surface area contributed by atoms with Gasteiger partial charge in [-0.25, -0.2) is 4.98 Å². The second kappa shape index (κ2) is 9.13. The van der Waals surface area contributed by atoms with E-state index >= 15 is 0 Å². The first-order valence-electron chi connectivity index (χ1n) is 9.80. The number of aromatic nitrogens is 1. The highest BCUT2D eigenvalue weighted by atomic mass is 32.2. The van der Waals surface area contributed by atoms with Crippen LogP contribution in [-0.2, 0) is 11.2 Å². The van der Waals surface area contributed by atoms with Gasteiger partial charge in [-0.3, -0.25) is 9.59 Å². The molecule has 4 rings (SSSR count). The van der Waals surface area contributed by atoms with Crippen LogP contribution in [0, 0.1) is 0 Å². The zero-order valence-electron chi connectivity index (χ0n) is 16.6. The number of ketones is 1. The third-order valence-corrected chi connectivity index (χ3v) is 5.88. The molecule has 0 radical (unpaired) electrons. The van der Waals surface area contributed by atoms with Crippen molar-refractivity contribution in [2.75, 3.05) is 12.3 Å². The van der Waals surface area contributed by atoms with E-state index < -0.39 is 0 Å². The molecule has 0 saturated heterocycles. The van der Waals surface area contributed by atoms with E-state index in [4.69, 9.17) is 4.74 Å². The number of hydrogen-bond acceptors (Lipinski definition) is 5. The lowest BCUT2D eigenvalue weighted by atomic mass is 9.95. The molecule has 152 valence electrons. The molecule has 0 saturated carbocycles. The van der Waals surface area contributed by atoms with Crippen molar-refractivity contribution >= 4 is 23.5 Å². The SMILES string of the molecule is CC(=O)c1ccccc1-c1ccc2c(c1)CC(CNC(=O)CSc1ccccn1)O2. The number of Topliss-reactive ketones (excluding diaryl/α,β-unsaturated/α-hetero) is 1. The summed E-state index contributed by atoms with van der Waals surface area (Å²) in [7, 11) is 0. The molecule has 1 atom stereocenters. The number of benzene rings is 2. The molecule has 1 aliphatic rings. The van der Waals surface area contributed by atoms with Crippen LogP contribution in [0.1, 0.15) is 22.8 Å². The van der Waals surface area contributed by atoms with E-state index in [1.54, 1.807) is 13.1 Å². The Morgan fingerprint density at radius 2 is 1.97 bits per heavy atom. The Kier molecular flexibility index (Phi) is 6.14. The topological polar surface area (TPSA) is 68.3 Å². The number of carbonyl (C=O) groups excluding carboxylic acids is 2. The molecule has 0 aliphatic carbocycles. The highest BCUT2D eigenvalue weighted by Crippen LogP contribution is 2.34. The number of fused-ring (bicyclic) bond motifs is 1. The molecular weight excluding hydrogens is 396 g/mol. The van der Waals surface area contributed by atoms with Crippen LogP contribution in [0.3, 0.4) is 0 Å². The molecule has 3 aromatic rings. The molecule has 2 aromatic carbocycles. The van der Waals surface area contributed by atoms with Gasteiger partial charge < -0.3 is 10.1 Å². The van der Waals surface area contributed by atoms with Gasteiger partial charge in [0.2, 0.25) is 5.91 Å². The van der Waals surface area contributed by atoms with Gasteiger partial charge in [0.05, 0.1) is 17.3 Å². The summed E-state index contributed by atoms with van der Waals surface area (Å²) in [6, 6.07) is 19.3. The van der Waals surface area contributed by atoms with Crippen LogP contribution in [0.2, 0.25) is 0 Å². The van der Waals surface area contributed by atoms with Crippen molar-refractivity contribution in [3.05, 3.63) is 78.0 Å². The lowest BCUT2D eigenvalue weighted by Crippen LogP contribution is -2.35. The maximum Gasteiger partial charge on any atom is 0.230 e. The summed E-state index contributed by atoms with van der Waals surface area (Å²) >= 11 is 1.41. The fraction of sp³-hybridized carbons (Fsp3) is 0.208. The summed E-state index contributed by atoms with van der Waals surface area (Å²) in [5, 5.41) is 3.77.